The van der Waals surface area contributed by atoms with Gasteiger partial charge in [0.2, 0.25) is 0 Å². The summed E-state index contributed by atoms with van der Waals surface area (Å²) in [5, 5.41) is 20.5. The third-order valence-corrected chi connectivity index (χ3v) is 3.65. The minimum absolute atomic E-state index is 0. The van der Waals surface area contributed by atoms with E-state index >= 15 is 0 Å². The summed E-state index contributed by atoms with van der Waals surface area (Å²) >= 11 is 0. The van der Waals surface area contributed by atoms with Gasteiger partial charge in [0.05, 0.1) is 5.69 Å². The highest BCUT2D eigenvalue weighted by Gasteiger charge is 2.53. The molecule has 5 nitrogen and oxygen atoms in total. The number of halogens is 1. The number of fused-ring (bicyclic) bond motifs is 1. The Bertz CT molecular complexity index is 714. The fourth-order valence-electron chi connectivity index (χ4n) is 2.66. The normalized spacial score (nSPS) is 19.6. The standard InChI is InChI=1S/C15H15N4O.BrH/c1-11-8-12(2)18-9-15(20,13-6-4-3-5-7-13)19(10-16)14(18)17-11;/h3-8,20H,9H2,1-2H3;1H/q+1;/p-1. The van der Waals surface area contributed by atoms with E-state index in [1.807, 2.05) is 54.8 Å². The number of benzene rings is 1. The molecule has 0 radical (unpaired) electrons. The Balaban J connectivity index is 0.00000161. The first-order valence-electron chi connectivity index (χ1n) is 6.42. The third kappa shape index (κ3) is 2.28. The first kappa shape index (κ1) is 15.4. The van der Waals surface area contributed by atoms with Crippen molar-refractivity contribution in [2.45, 2.75) is 26.1 Å². The van der Waals surface area contributed by atoms with Crippen LogP contribution in [0.25, 0.3) is 0 Å². The maximum atomic E-state index is 11.0. The lowest BCUT2D eigenvalue weighted by molar-refractivity contribution is -0.691. The molecular weight excluding hydrogens is 332 g/mol. The quantitative estimate of drug-likeness (QED) is 0.485. The molecule has 6 heteroatoms. The second-order valence-electron chi connectivity index (χ2n) is 5.04. The molecule has 0 amide bonds. The van der Waals surface area contributed by atoms with E-state index in [0.717, 1.165) is 11.4 Å². The van der Waals surface area contributed by atoms with Crippen molar-refractivity contribution >= 4 is 5.95 Å². The van der Waals surface area contributed by atoms with Gasteiger partial charge < -0.3 is 22.1 Å². The molecule has 1 atom stereocenters. The monoisotopic (exact) mass is 346 g/mol. The van der Waals surface area contributed by atoms with Crippen molar-refractivity contribution in [1.29, 1.82) is 5.26 Å². The number of anilines is 1. The number of aryl methyl sites for hydroxylation is 2. The number of hydrogen-bond acceptors (Lipinski definition) is 4. The van der Waals surface area contributed by atoms with Gasteiger partial charge in [-0.05, 0) is 13.8 Å². The Morgan fingerprint density at radius 3 is 2.62 bits per heavy atom. The molecule has 0 fully saturated rings. The molecule has 0 saturated heterocycles. The maximum Gasteiger partial charge on any atom is 0.412 e. The van der Waals surface area contributed by atoms with Crippen molar-refractivity contribution in [2.24, 2.45) is 0 Å². The first-order valence-corrected chi connectivity index (χ1v) is 6.42. The lowest BCUT2D eigenvalue weighted by Gasteiger charge is -2.22. The first-order chi connectivity index (χ1) is 9.56. The molecule has 1 unspecified atom stereocenters. The van der Waals surface area contributed by atoms with Gasteiger partial charge in [0.25, 0.3) is 11.9 Å². The van der Waals surface area contributed by atoms with E-state index in [9.17, 15) is 10.4 Å². The second-order valence-corrected chi connectivity index (χ2v) is 5.04. The predicted molar refractivity (Wildman–Crippen MR) is 72.3 cm³/mol. The zero-order chi connectivity index (χ0) is 14.3. The van der Waals surface area contributed by atoms with Gasteiger partial charge in [0.1, 0.15) is 12.2 Å². The predicted octanol–water partition coefficient (Wildman–Crippen LogP) is -1.86. The Morgan fingerprint density at radius 1 is 1.33 bits per heavy atom. The fraction of sp³-hybridized carbons (Fsp3) is 0.267. The Morgan fingerprint density at radius 2 is 2.00 bits per heavy atom. The van der Waals surface area contributed by atoms with Crippen LogP contribution in [0.3, 0.4) is 0 Å². The SMILES string of the molecule is Cc1cc(C)[n+]2c(n1)N(C#N)C(O)(c1ccccc1)C2.[Br-]. The van der Waals surface area contributed by atoms with E-state index in [4.69, 9.17) is 0 Å². The number of aliphatic hydroxyl groups is 1. The summed E-state index contributed by atoms with van der Waals surface area (Å²) in [4.78, 5) is 5.67. The van der Waals surface area contributed by atoms with Gasteiger partial charge in [0, 0.05) is 11.6 Å². The summed E-state index contributed by atoms with van der Waals surface area (Å²) in [6, 6.07) is 11.2. The van der Waals surface area contributed by atoms with Crippen LogP contribution < -0.4 is 26.4 Å². The van der Waals surface area contributed by atoms with Crippen LogP contribution in [-0.2, 0) is 12.3 Å². The van der Waals surface area contributed by atoms with Crippen LogP contribution >= 0.6 is 0 Å². The molecule has 1 aliphatic rings. The molecule has 2 heterocycles. The van der Waals surface area contributed by atoms with E-state index in [-0.39, 0.29) is 17.0 Å². The molecule has 108 valence electrons. The lowest BCUT2D eigenvalue weighted by Crippen LogP contribution is -3.00. The molecule has 1 aromatic heterocycles. The molecule has 1 aromatic carbocycles. The Hall–Kier alpha value is -1.97. The van der Waals surface area contributed by atoms with Crippen LogP contribution in [0.4, 0.5) is 5.95 Å². The summed E-state index contributed by atoms with van der Waals surface area (Å²) in [5.41, 5.74) is 1.10. The molecule has 0 spiro atoms. The van der Waals surface area contributed by atoms with Gasteiger partial charge in [-0.3, -0.25) is 0 Å². The smallest absolute Gasteiger partial charge is 0.412 e. The molecular formula is C15H15BrN4O. The van der Waals surface area contributed by atoms with Crippen molar-refractivity contribution in [3.8, 4) is 6.19 Å². The molecule has 0 bridgehead atoms. The highest BCUT2D eigenvalue weighted by Crippen LogP contribution is 2.33. The maximum absolute atomic E-state index is 11.0. The number of nitrogens with zero attached hydrogens (tertiary/aromatic N) is 4. The van der Waals surface area contributed by atoms with Crippen molar-refractivity contribution in [2.75, 3.05) is 4.90 Å². The van der Waals surface area contributed by atoms with E-state index in [1.165, 1.54) is 4.90 Å². The highest BCUT2D eigenvalue weighted by molar-refractivity contribution is 5.43. The van der Waals surface area contributed by atoms with E-state index in [2.05, 4.69) is 11.2 Å². The van der Waals surface area contributed by atoms with Crippen molar-refractivity contribution in [3.05, 3.63) is 53.3 Å². The van der Waals surface area contributed by atoms with Gasteiger partial charge in [-0.1, -0.05) is 35.3 Å². The summed E-state index contributed by atoms with van der Waals surface area (Å²) in [7, 11) is 0. The lowest BCUT2D eigenvalue weighted by atomic mass is 10.0. The summed E-state index contributed by atoms with van der Waals surface area (Å²) < 4.78 is 1.86. The van der Waals surface area contributed by atoms with E-state index < -0.39 is 5.72 Å². The van der Waals surface area contributed by atoms with E-state index in [1.54, 1.807) is 0 Å². The largest absolute Gasteiger partial charge is 1.00 e. The van der Waals surface area contributed by atoms with Crippen molar-refractivity contribution in [1.82, 2.24) is 4.98 Å². The fourth-order valence-corrected chi connectivity index (χ4v) is 2.66. The summed E-state index contributed by atoms with van der Waals surface area (Å²) in [6.07, 6.45) is 2.06. The minimum Gasteiger partial charge on any atom is -1.00 e. The Labute approximate surface area is 133 Å². The van der Waals surface area contributed by atoms with Crippen LogP contribution in [0.15, 0.2) is 36.4 Å². The molecule has 3 rings (SSSR count). The van der Waals surface area contributed by atoms with Gasteiger partial charge in [0.15, 0.2) is 0 Å². The van der Waals surface area contributed by atoms with Gasteiger partial charge >= 0.3 is 5.95 Å². The van der Waals surface area contributed by atoms with Crippen LogP contribution in [0.5, 0.6) is 0 Å². The number of hydrogen-bond donors (Lipinski definition) is 1. The molecule has 1 N–H and O–H groups in total. The van der Waals surface area contributed by atoms with Gasteiger partial charge in [-0.25, -0.2) is 4.57 Å². The van der Waals surface area contributed by atoms with E-state index in [0.29, 0.717) is 18.1 Å². The van der Waals surface area contributed by atoms with Gasteiger partial charge in [-0.15, -0.1) is 4.90 Å². The number of nitriles is 1. The molecule has 2 aromatic rings. The molecule has 21 heavy (non-hydrogen) atoms. The van der Waals surface area contributed by atoms with Crippen LogP contribution in [0.2, 0.25) is 0 Å². The summed E-state index contributed by atoms with van der Waals surface area (Å²) in [6.45, 7) is 4.12. The van der Waals surface area contributed by atoms with Crippen molar-refractivity contribution < 1.29 is 26.7 Å². The molecule has 0 saturated carbocycles. The van der Waals surface area contributed by atoms with Crippen molar-refractivity contribution in [3.63, 3.8) is 0 Å². The molecule has 1 aliphatic heterocycles. The topological polar surface area (TPSA) is 64.0 Å². The number of aromatic nitrogens is 2. The Kier molecular flexibility index (Phi) is 3.99. The average Bonchev–Trinajstić information content (AvgIpc) is 2.73. The zero-order valence-corrected chi connectivity index (χ0v) is 13.4. The van der Waals surface area contributed by atoms with Crippen LogP contribution in [0.1, 0.15) is 17.0 Å². The highest BCUT2D eigenvalue weighted by atomic mass is 79.9. The second kappa shape index (κ2) is 5.43. The third-order valence-electron chi connectivity index (χ3n) is 3.65. The van der Waals surface area contributed by atoms with Crippen LogP contribution in [0, 0.1) is 25.3 Å². The summed E-state index contributed by atoms with van der Waals surface area (Å²) in [5.74, 6) is 0.483. The average molecular weight is 347 g/mol. The van der Waals surface area contributed by atoms with Crippen LogP contribution in [-0.4, -0.2) is 10.1 Å². The number of rotatable bonds is 1. The minimum atomic E-state index is -1.38. The molecule has 0 aliphatic carbocycles. The zero-order valence-electron chi connectivity index (χ0n) is 11.8. The van der Waals surface area contributed by atoms with Gasteiger partial charge in [-0.2, -0.15) is 5.26 Å².